The third kappa shape index (κ3) is 0.992. The molecule has 68 valence electrons. The van der Waals surface area contributed by atoms with E-state index < -0.39 is 0 Å². The molecule has 2 bridgehead atoms. The van der Waals surface area contributed by atoms with Crippen molar-refractivity contribution in [2.75, 3.05) is 0 Å². The van der Waals surface area contributed by atoms with Crippen molar-refractivity contribution < 1.29 is 0 Å². The molecule has 13 heavy (non-hydrogen) atoms. The molecule has 0 aromatic carbocycles. The van der Waals surface area contributed by atoms with Gasteiger partial charge in [-0.2, -0.15) is 0 Å². The lowest BCUT2D eigenvalue weighted by Crippen LogP contribution is -2.26. The van der Waals surface area contributed by atoms with Crippen molar-refractivity contribution in [1.29, 1.82) is 0 Å². The highest BCUT2D eigenvalue weighted by atomic mass is 32.1. The molecule has 3 aliphatic carbocycles. The zero-order chi connectivity index (χ0) is 8.84. The van der Waals surface area contributed by atoms with E-state index in [1.807, 2.05) is 0 Å². The molecular weight excluding hydrogens is 178 g/mol. The van der Waals surface area contributed by atoms with E-state index in [1.54, 1.807) is 0 Å². The average molecular weight is 191 g/mol. The molecule has 2 saturated carbocycles. The molecule has 0 radical (unpaired) electrons. The predicted molar refractivity (Wildman–Crippen MR) is 55.8 cm³/mol. The highest BCUT2D eigenvalue weighted by Gasteiger charge is 2.52. The van der Waals surface area contributed by atoms with Crippen LogP contribution >= 0.6 is 12.2 Å². The van der Waals surface area contributed by atoms with Gasteiger partial charge in [0.05, 0.1) is 11.2 Å². The number of rotatable bonds is 1. The molecule has 0 amide bonds. The summed E-state index contributed by atoms with van der Waals surface area (Å²) >= 11 is 4.69. The minimum absolute atomic E-state index is 0.517. The quantitative estimate of drug-likeness (QED) is 0.352. The second-order valence-electron chi connectivity index (χ2n) is 4.59. The molecule has 0 aromatic rings. The first-order valence-corrected chi connectivity index (χ1v) is 5.54. The van der Waals surface area contributed by atoms with Crippen LogP contribution < -0.4 is 0 Å². The third-order valence-corrected chi connectivity index (χ3v) is 4.29. The molecule has 5 unspecified atom stereocenters. The molecule has 0 spiro atoms. The fourth-order valence-electron chi connectivity index (χ4n) is 3.74. The number of allylic oxidation sites excluding steroid dienone is 2. The van der Waals surface area contributed by atoms with Crippen molar-refractivity contribution in [2.24, 2.45) is 28.7 Å². The van der Waals surface area contributed by atoms with Gasteiger partial charge in [0, 0.05) is 0 Å². The number of aliphatic imine (C=N–C) groups is 1. The van der Waals surface area contributed by atoms with Crippen molar-refractivity contribution in [3.05, 3.63) is 12.2 Å². The highest BCUT2D eigenvalue weighted by Crippen LogP contribution is 2.57. The SMILES string of the molecule is S=C=NC1CC2CC1C1CC=CC21. The van der Waals surface area contributed by atoms with Crippen LogP contribution in [0.15, 0.2) is 17.1 Å². The lowest BCUT2D eigenvalue weighted by molar-refractivity contribution is 0.257. The van der Waals surface area contributed by atoms with Crippen LogP contribution in [-0.2, 0) is 0 Å². The third-order valence-electron chi connectivity index (χ3n) is 4.19. The van der Waals surface area contributed by atoms with E-state index in [4.69, 9.17) is 12.2 Å². The van der Waals surface area contributed by atoms with Crippen molar-refractivity contribution in [1.82, 2.24) is 0 Å². The van der Waals surface area contributed by atoms with E-state index >= 15 is 0 Å². The summed E-state index contributed by atoms with van der Waals surface area (Å²) in [5, 5.41) is 2.56. The molecule has 2 heteroatoms. The lowest BCUT2D eigenvalue weighted by atomic mass is 9.79. The Kier molecular flexibility index (Phi) is 1.68. The molecule has 0 aliphatic heterocycles. The summed E-state index contributed by atoms with van der Waals surface area (Å²) < 4.78 is 0. The standard InChI is InChI=1S/C11H13NS/c13-6-12-11-5-7-4-10(11)9-3-1-2-8(7)9/h1-2,7-11H,3-5H2. The molecule has 0 saturated heterocycles. The van der Waals surface area contributed by atoms with E-state index in [-0.39, 0.29) is 0 Å². The van der Waals surface area contributed by atoms with Gasteiger partial charge in [-0.25, -0.2) is 4.99 Å². The van der Waals surface area contributed by atoms with Gasteiger partial charge < -0.3 is 0 Å². The summed E-state index contributed by atoms with van der Waals surface area (Å²) in [6.45, 7) is 0. The molecule has 0 aromatic heterocycles. The van der Waals surface area contributed by atoms with Gasteiger partial charge in [0.2, 0.25) is 0 Å². The van der Waals surface area contributed by atoms with Crippen LogP contribution in [-0.4, -0.2) is 11.2 Å². The largest absolute Gasteiger partial charge is 0.229 e. The fraction of sp³-hybridized carbons (Fsp3) is 0.727. The zero-order valence-electron chi connectivity index (χ0n) is 7.52. The van der Waals surface area contributed by atoms with Crippen LogP contribution in [0.4, 0.5) is 0 Å². The van der Waals surface area contributed by atoms with E-state index in [9.17, 15) is 0 Å². The molecule has 5 atom stereocenters. The Hall–Kier alpha value is -0.460. The number of isothiocyanates is 1. The molecule has 2 fully saturated rings. The summed E-state index contributed by atoms with van der Waals surface area (Å²) in [5.74, 6) is 3.52. The average Bonchev–Trinajstić information content (AvgIpc) is 2.72. The lowest BCUT2D eigenvalue weighted by Gasteiger charge is -2.28. The van der Waals surface area contributed by atoms with Crippen LogP contribution in [0.1, 0.15) is 19.3 Å². The maximum Gasteiger partial charge on any atom is 0.0636 e. The van der Waals surface area contributed by atoms with Gasteiger partial charge in [0.1, 0.15) is 0 Å². The van der Waals surface area contributed by atoms with Gasteiger partial charge in [-0.1, -0.05) is 12.2 Å². The van der Waals surface area contributed by atoms with Crippen molar-refractivity contribution in [2.45, 2.75) is 25.3 Å². The van der Waals surface area contributed by atoms with E-state index in [0.29, 0.717) is 6.04 Å². The fourth-order valence-corrected chi connectivity index (χ4v) is 3.87. The molecule has 3 aliphatic rings. The molecule has 3 rings (SSSR count). The summed E-state index contributed by atoms with van der Waals surface area (Å²) in [6.07, 6.45) is 8.74. The highest BCUT2D eigenvalue weighted by molar-refractivity contribution is 7.78. The Morgan fingerprint density at radius 2 is 2.23 bits per heavy atom. The van der Waals surface area contributed by atoms with Crippen LogP contribution in [0.25, 0.3) is 0 Å². The number of hydrogen-bond donors (Lipinski definition) is 0. The van der Waals surface area contributed by atoms with Crippen LogP contribution in [0.3, 0.4) is 0 Å². The minimum Gasteiger partial charge on any atom is -0.229 e. The summed E-state index contributed by atoms with van der Waals surface area (Å²) in [5.41, 5.74) is 0. The van der Waals surface area contributed by atoms with Crippen molar-refractivity contribution >= 4 is 17.4 Å². The number of nitrogens with zero attached hydrogens (tertiary/aromatic N) is 1. The first-order chi connectivity index (χ1) is 6.40. The van der Waals surface area contributed by atoms with E-state index in [0.717, 1.165) is 23.7 Å². The second-order valence-corrected chi connectivity index (χ2v) is 4.77. The number of fused-ring (bicyclic) bond motifs is 5. The summed E-state index contributed by atoms with van der Waals surface area (Å²) in [4.78, 5) is 4.30. The van der Waals surface area contributed by atoms with Crippen molar-refractivity contribution in [3.63, 3.8) is 0 Å². The number of hydrogen-bond acceptors (Lipinski definition) is 2. The Morgan fingerprint density at radius 3 is 3.08 bits per heavy atom. The van der Waals surface area contributed by atoms with Gasteiger partial charge in [0.25, 0.3) is 0 Å². The maximum absolute atomic E-state index is 4.69. The van der Waals surface area contributed by atoms with Crippen LogP contribution in [0.2, 0.25) is 0 Å². The Labute approximate surface area is 83.9 Å². The first-order valence-electron chi connectivity index (χ1n) is 5.14. The molecular formula is C11H13NS. The van der Waals surface area contributed by atoms with Crippen molar-refractivity contribution in [3.8, 4) is 0 Å². The topological polar surface area (TPSA) is 12.4 Å². The summed E-state index contributed by atoms with van der Waals surface area (Å²) in [6, 6.07) is 0.517. The summed E-state index contributed by atoms with van der Waals surface area (Å²) in [7, 11) is 0. The zero-order valence-corrected chi connectivity index (χ0v) is 8.33. The van der Waals surface area contributed by atoms with Gasteiger partial charge in [-0.15, -0.1) is 0 Å². The monoisotopic (exact) mass is 191 g/mol. The first kappa shape index (κ1) is 7.90. The molecule has 0 N–H and O–H groups in total. The molecule has 0 heterocycles. The van der Waals surface area contributed by atoms with E-state index in [2.05, 4.69) is 22.3 Å². The Bertz CT molecular complexity index is 303. The Morgan fingerprint density at radius 1 is 1.31 bits per heavy atom. The van der Waals surface area contributed by atoms with Crippen LogP contribution in [0.5, 0.6) is 0 Å². The number of thiocarbonyl (C=S) groups is 1. The second kappa shape index (κ2) is 2.76. The predicted octanol–water partition coefficient (Wildman–Crippen LogP) is 2.69. The minimum atomic E-state index is 0.517. The van der Waals surface area contributed by atoms with Gasteiger partial charge in [-0.3, -0.25) is 0 Å². The van der Waals surface area contributed by atoms with Crippen LogP contribution in [0, 0.1) is 23.7 Å². The van der Waals surface area contributed by atoms with Gasteiger partial charge in [-0.05, 0) is 55.2 Å². The molecule has 1 nitrogen and oxygen atoms in total. The Balaban J connectivity index is 1.87. The van der Waals surface area contributed by atoms with E-state index in [1.165, 1.54) is 19.3 Å². The normalized spacial score (nSPS) is 50.6. The van der Waals surface area contributed by atoms with Gasteiger partial charge >= 0.3 is 0 Å². The smallest absolute Gasteiger partial charge is 0.0636 e. The van der Waals surface area contributed by atoms with Gasteiger partial charge in [0.15, 0.2) is 0 Å². The maximum atomic E-state index is 4.69.